The summed E-state index contributed by atoms with van der Waals surface area (Å²) in [7, 11) is 0. The van der Waals surface area contributed by atoms with Gasteiger partial charge in [0.05, 0.1) is 5.92 Å². The first-order valence-corrected chi connectivity index (χ1v) is 6.52. The van der Waals surface area contributed by atoms with Crippen LogP contribution in [-0.2, 0) is 11.2 Å². The standard InChI is InChI=1S/C14H23N3O/c1-4-17(5-2)14(18)13(9-15)8-12-7-6-11(3)16-10-12/h6-7,10,13H,4-5,8-9,15H2,1-3H3. The molecule has 1 rings (SSSR count). The molecule has 4 nitrogen and oxygen atoms in total. The van der Waals surface area contributed by atoms with Crippen LogP contribution in [0, 0.1) is 12.8 Å². The molecule has 0 aromatic carbocycles. The maximum atomic E-state index is 12.2. The molecule has 2 N–H and O–H groups in total. The van der Waals surface area contributed by atoms with Crippen LogP contribution in [-0.4, -0.2) is 35.4 Å². The molecule has 1 heterocycles. The van der Waals surface area contributed by atoms with E-state index in [1.807, 2.05) is 44.0 Å². The molecule has 1 aromatic rings. The van der Waals surface area contributed by atoms with Crippen molar-refractivity contribution >= 4 is 5.91 Å². The van der Waals surface area contributed by atoms with Crippen LogP contribution in [0.5, 0.6) is 0 Å². The Morgan fingerprint density at radius 2 is 2.06 bits per heavy atom. The Bertz CT molecular complexity index is 371. The fourth-order valence-electron chi connectivity index (χ4n) is 1.97. The number of rotatable bonds is 6. The average molecular weight is 249 g/mol. The van der Waals surface area contributed by atoms with Crippen LogP contribution in [0.4, 0.5) is 0 Å². The molecule has 0 radical (unpaired) electrons. The molecule has 1 aromatic heterocycles. The van der Waals surface area contributed by atoms with Crippen molar-refractivity contribution in [2.45, 2.75) is 27.2 Å². The molecule has 1 atom stereocenters. The zero-order valence-corrected chi connectivity index (χ0v) is 11.5. The van der Waals surface area contributed by atoms with Gasteiger partial charge in [-0.25, -0.2) is 0 Å². The second kappa shape index (κ2) is 7.11. The largest absolute Gasteiger partial charge is 0.343 e. The van der Waals surface area contributed by atoms with Crippen LogP contribution in [0.1, 0.15) is 25.1 Å². The fourth-order valence-corrected chi connectivity index (χ4v) is 1.97. The van der Waals surface area contributed by atoms with E-state index in [-0.39, 0.29) is 11.8 Å². The van der Waals surface area contributed by atoms with E-state index in [0.717, 1.165) is 24.3 Å². The summed E-state index contributed by atoms with van der Waals surface area (Å²) < 4.78 is 0. The van der Waals surface area contributed by atoms with Crippen molar-refractivity contribution in [3.05, 3.63) is 29.6 Å². The first-order chi connectivity index (χ1) is 8.62. The van der Waals surface area contributed by atoms with Crippen LogP contribution >= 0.6 is 0 Å². The summed E-state index contributed by atoms with van der Waals surface area (Å²) in [4.78, 5) is 18.3. The number of aryl methyl sites for hydroxylation is 1. The van der Waals surface area contributed by atoms with Crippen molar-refractivity contribution in [1.82, 2.24) is 9.88 Å². The molecule has 0 fully saturated rings. The lowest BCUT2D eigenvalue weighted by Gasteiger charge is -2.24. The summed E-state index contributed by atoms with van der Waals surface area (Å²) in [6, 6.07) is 3.98. The average Bonchev–Trinajstić information content (AvgIpc) is 2.39. The molecule has 0 bridgehead atoms. The summed E-state index contributed by atoms with van der Waals surface area (Å²) in [5.41, 5.74) is 7.78. The monoisotopic (exact) mass is 249 g/mol. The maximum absolute atomic E-state index is 12.2. The number of pyridine rings is 1. The number of nitrogens with zero attached hydrogens (tertiary/aromatic N) is 2. The van der Waals surface area contributed by atoms with Crippen LogP contribution < -0.4 is 5.73 Å². The summed E-state index contributed by atoms with van der Waals surface area (Å²) in [6.45, 7) is 7.77. The van der Waals surface area contributed by atoms with Gasteiger partial charge in [-0.15, -0.1) is 0 Å². The molecule has 1 unspecified atom stereocenters. The lowest BCUT2D eigenvalue weighted by atomic mass is 9.99. The highest BCUT2D eigenvalue weighted by Crippen LogP contribution is 2.11. The van der Waals surface area contributed by atoms with Crippen molar-refractivity contribution in [3.63, 3.8) is 0 Å². The van der Waals surface area contributed by atoms with E-state index in [1.165, 1.54) is 0 Å². The highest BCUT2D eigenvalue weighted by atomic mass is 16.2. The summed E-state index contributed by atoms with van der Waals surface area (Å²) in [6.07, 6.45) is 2.49. The number of nitrogens with two attached hydrogens (primary N) is 1. The molecular weight excluding hydrogens is 226 g/mol. The smallest absolute Gasteiger partial charge is 0.227 e. The molecule has 100 valence electrons. The predicted molar refractivity (Wildman–Crippen MR) is 73.2 cm³/mol. The molecule has 4 heteroatoms. The minimum absolute atomic E-state index is 0.142. The first kappa shape index (κ1) is 14.6. The first-order valence-electron chi connectivity index (χ1n) is 6.52. The number of hydrogen-bond donors (Lipinski definition) is 1. The van der Waals surface area contributed by atoms with Gasteiger partial charge in [0.25, 0.3) is 0 Å². The number of hydrogen-bond acceptors (Lipinski definition) is 3. The van der Waals surface area contributed by atoms with Gasteiger partial charge in [-0.1, -0.05) is 6.07 Å². The Kier molecular flexibility index (Phi) is 5.78. The zero-order valence-electron chi connectivity index (χ0n) is 11.5. The van der Waals surface area contributed by atoms with Gasteiger partial charge < -0.3 is 10.6 Å². The molecule has 1 amide bonds. The highest BCUT2D eigenvalue weighted by molar-refractivity contribution is 5.79. The van der Waals surface area contributed by atoms with Gasteiger partial charge in [0.2, 0.25) is 5.91 Å². The summed E-state index contributed by atoms with van der Waals surface area (Å²) >= 11 is 0. The van der Waals surface area contributed by atoms with Gasteiger partial charge in [-0.2, -0.15) is 0 Å². The zero-order chi connectivity index (χ0) is 13.5. The van der Waals surface area contributed by atoms with Gasteiger partial charge in [0, 0.05) is 31.5 Å². The van der Waals surface area contributed by atoms with Crippen molar-refractivity contribution < 1.29 is 4.79 Å². The van der Waals surface area contributed by atoms with Crippen LogP contribution in [0.25, 0.3) is 0 Å². The summed E-state index contributed by atoms with van der Waals surface area (Å²) in [5, 5.41) is 0. The molecule has 18 heavy (non-hydrogen) atoms. The van der Waals surface area contributed by atoms with Crippen molar-refractivity contribution in [2.24, 2.45) is 11.7 Å². The van der Waals surface area contributed by atoms with E-state index in [0.29, 0.717) is 13.0 Å². The number of carbonyl (C=O) groups is 1. The van der Waals surface area contributed by atoms with Gasteiger partial charge >= 0.3 is 0 Å². The Labute approximate surface area is 109 Å². The van der Waals surface area contributed by atoms with Gasteiger partial charge in [-0.05, 0) is 38.8 Å². The van der Waals surface area contributed by atoms with E-state index in [2.05, 4.69) is 4.98 Å². The molecule has 0 saturated heterocycles. The van der Waals surface area contributed by atoms with E-state index in [4.69, 9.17) is 5.73 Å². The Hall–Kier alpha value is -1.42. The predicted octanol–water partition coefficient (Wildman–Crippen LogP) is 1.38. The number of carbonyl (C=O) groups excluding carboxylic acids is 1. The molecule has 0 aliphatic carbocycles. The second-order valence-electron chi connectivity index (χ2n) is 4.46. The van der Waals surface area contributed by atoms with Gasteiger partial charge in [0.15, 0.2) is 0 Å². The minimum Gasteiger partial charge on any atom is -0.343 e. The Morgan fingerprint density at radius 1 is 1.39 bits per heavy atom. The normalized spacial score (nSPS) is 12.2. The maximum Gasteiger partial charge on any atom is 0.227 e. The third-order valence-corrected chi connectivity index (χ3v) is 3.16. The van der Waals surface area contributed by atoms with Gasteiger partial charge in [-0.3, -0.25) is 9.78 Å². The van der Waals surface area contributed by atoms with Crippen LogP contribution in [0.3, 0.4) is 0 Å². The molecular formula is C14H23N3O. The molecule has 0 spiro atoms. The molecule has 0 aliphatic rings. The van der Waals surface area contributed by atoms with E-state index in [1.54, 1.807) is 0 Å². The van der Waals surface area contributed by atoms with E-state index in [9.17, 15) is 4.79 Å². The van der Waals surface area contributed by atoms with E-state index < -0.39 is 0 Å². The van der Waals surface area contributed by atoms with E-state index >= 15 is 0 Å². The third kappa shape index (κ3) is 3.81. The molecule has 0 aliphatic heterocycles. The Morgan fingerprint density at radius 3 is 2.50 bits per heavy atom. The van der Waals surface area contributed by atoms with Crippen LogP contribution in [0.2, 0.25) is 0 Å². The summed E-state index contributed by atoms with van der Waals surface area (Å²) in [5.74, 6) is -0.00233. The quantitative estimate of drug-likeness (QED) is 0.828. The SMILES string of the molecule is CCN(CC)C(=O)C(CN)Cc1ccc(C)nc1. The number of aromatic nitrogens is 1. The minimum atomic E-state index is -0.144. The third-order valence-electron chi connectivity index (χ3n) is 3.16. The lowest BCUT2D eigenvalue weighted by molar-refractivity contribution is -0.134. The lowest BCUT2D eigenvalue weighted by Crippen LogP contribution is -2.39. The van der Waals surface area contributed by atoms with Crippen LogP contribution in [0.15, 0.2) is 18.3 Å². The number of amides is 1. The second-order valence-corrected chi connectivity index (χ2v) is 4.46. The Balaban J connectivity index is 2.72. The van der Waals surface area contributed by atoms with Crippen molar-refractivity contribution in [1.29, 1.82) is 0 Å². The molecule has 0 saturated carbocycles. The highest BCUT2D eigenvalue weighted by Gasteiger charge is 2.21. The van der Waals surface area contributed by atoms with Crippen molar-refractivity contribution in [3.8, 4) is 0 Å². The van der Waals surface area contributed by atoms with Gasteiger partial charge in [0.1, 0.15) is 0 Å². The fraction of sp³-hybridized carbons (Fsp3) is 0.571. The van der Waals surface area contributed by atoms with Crippen molar-refractivity contribution in [2.75, 3.05) is 19.6 Å². The topological polar surface area (TPSA) is 59.2 Å².